The Kier molecular flexibility index (Phi) is 5.13. The molecule has 0 amide bonds. The maximum absolute atomic E-state index is 8.81. The minimum Gasteiger partial charge on any atom is -0.392 e. The number of halogens is 1. The van der Waals surface area contributed by atoms with Crippen molar-refractivity contribution in [3.63, 3.8) is 0 Å². The summed E-state index contributed by atoms with van der Waals surface area (Å²) in [4.78, 5) is 0. The van der Waals surface area contributed by atoms with Crippen LogP contribution in [0.5, 0.6) is 0 Å². The van der Waals surface area contributed by atoms with E-state index in [4.69, 9.17) is 16.7 Å². The first-order valence-electron chi connectivity index (χ1n) is 2.66. The zero-order valence-corrected chi connectivity index (χ0v) is 5.73. The Morgan fingerprint density at radius 3 is 2.75 bits per heavy atom. The van der Waals surface area contributed by atoms with E-state index in [1.807, 2.05) is 19.1 Å². The standard InChI is InChI=1S/C6H11ClO/c1-2-3-4-6(8)5-7/h2-3,6,8H,4-5H2,1H3/b3-2+. The third-order valence-electron chi connectivity index (χ3n) is 0.822. The summed E-state index contributed by atoms with van der Waals surface area (Å²) in [5, 5.41) is 8.81. The van der Waals surface area contributed by atoms with Crippen molar-refractivity contribution in [2.24, 2.45) is 0 Å². The molecule has 0 radical (unpaired) electrons. The molecule has 0 bridgehead atoms. The van der Waals surface area contributed by atoms with Crippen LogP contribution in [0.2, 0.25) is 0 Å². The minimum atomic E-state index is -0.368. The lowest BCUT2D eigenvalue weighted by atomic mass is 10.3. The summed E-state index contributed by atoms with van der Waals surface area (Å²) in [6.45, 7) is 1.92. The second kappa shape index (κ2) is 5.13. The maximum atomic E-state index is 8.81. The molecule has 1 unspecified atom stereocenters. The monoisotopic (exact) mass is 134 g/mol. The average Bonchev–Trinajstić information content (AvgIpc) is 1.83. The van der Waals surface area contributed by atoms with E-state index in [9.17, 15) is 0 Å². The van der Waals surface area contributed by atoms with Gasteiger partial charge in [0.1, 0.15) is 0 Å². The summed E-state index contributed by atoms with van der Waals surface area (Å²) in [7, 11) is 0. The van der Waals surface area contributed by atoms with Crippen LogP contribution in [0.15, 0.2) is 12.2 Å². The molecule has 8 heavy (non-hydrogen) atoms. The Bertz CT molecular complexity index is 70.9. The highest BCUT2D eigenvalue weighted by Crippen LogP contribution is 1.94. The molecular weight excluding hydrogens is 124 g/mol. The predicted molar refractivity (Wildman–Crippen MR) is 36.2 cm³/mol. The van der Waals surface area contributed by atoms with Gasteiger partial charge in [0.25, 0.3) is 0 Å². The highest BCUT2D eigenvalue weighted by molar-refractivity contribution is 6.18. The molecule has 0 aliphatic heterocycles. The first-order valence-corrected chi connectivity index (χ1v) is 3.20. The lowest BCUT2D eigenvalue weighted by Gasteiger charge is -1.98. The molecule has 0 saturated carbocycles. The van der Waals surface area contributed by atoms with Crippen LogP contribution in [-0.2, 0) is 0 Å². The molecule has 0 aromatic carbocycles. The van der Waals surface area contributed by atoms with Crippen molar-refractivity contribution in [2.45, 2.75) is 19.4 Å². The molecular formula is C6H11ClO. The fraction of sp³-hybridized carbons (Fsp3) is 0.667. The van der Waals surface area contributed by atoms with E-state index < -0.39 is 0 Å². The van der Waals surface area contributed by atoms with Gasteiger partial charge in [0, 0.05) is 5.88 Å². The first kappa shape index (κ1) is 7.99. The molecule has 0 aliphatic carbocycles. The smallest absolute Gasteiger partial charge is 0.0709 e. The Labute approximate surface area is 55.0 Å². The van der Waals surface area contributed by atoms with E-state index in [-0.39, 0.29) is 6.10 Å². The Hall–Kier alpha value is -0.0100. The number of allylic oxidation sites excluding steroid dienone is 1. The third-order valence-corrected chi connectivity index (χ3v) is 1.18. The second-order valence-corrected chi connectivity index (χ2v) is 1.92. The van der Waals surface area contributed by atoms with E-state index in [0.717, 1.165) is 0 Å². The number of aliphatic hydroxyl groups is 1. The van der Waals surface area contributed by atoms with Crippen molar-refractivity contribution in [2.75, 3.05) is 5.88 Å². The van der Waals surface area contributed by atoms with Gasteiger partial charge in [0.15, 0.2) is 0 Å². The van der Waals surface area contributed by atoms with E-state index in [2.05, 4.69) is 0 Å². The summed E-state index contributed by atoms with van der Waals surface area (Å²) in [6.07, 6.45) is 4.09. The quantitative estimate of drug-likeness (QED) is 0.459. The van der Waals surface area contributed by atoms with Crippen LogP contribution in [0.25, 0.3) is 0 Å². The van der Waals surface area contributed by atoms with Crippen LogP contribution < -0.4 is 0 Å². The number of hydrogen-bond donors (Lipinski definition) is 1. The molecule has 0 fully saturated rings. The minimum absolute atomic E-state index is 0.324. The molecule has 0 rings (SSSR count). The van der Waals surface area contributed by atoms with Gasteiger partial charge in [0.2, 0.25) is 0 Å². The van der Waals surface area contributed by atoms with Crippen molar-refractivity contribution < 1.29 is 5.11 Å². The largest absolute Gasteiger partial charge is 0.392 e. The molecule has 1 N–H and O–H groups in total. The van der Waals surface area contributed by atoms with E-state index in [1.165, 1.54) is 0 Å². The van der Waals surface area contributed by atoms with Crippen molar-refractivity contribution in [1.29, 1.82) is 0 Å². The molecule has 0 heterocycles. The van der Waals surface area contributed by atoms with Gasteiger partial charge >= 0.3 is 0 Å². The molecule has 2 heteroatoms. The molecule has 0 aromatic rings. The molecule has 0 aromatic heterocycles. The van der Waals surface area contributed by atoms with Crippen LogP contribution in [-0.4, -0.2) is 17.1 Å². The van der Waals surface area contributed by atoms with Gasteiger partial charge in [-0.25, -0.2) is 0 Å². The molecule has 0 saturated heterocycles. The van der Waals surface area contributed by atoms with Gasteiger partial charge < -0.3 is 5.11 Å². The normalized spacial score (nSPS) is 14.9. The molecule has 1 atom stereocenters. The maximum Gasteiger partial charge on any atom is 0.0709 e. The molecule has 0 spiro atoms. The second-order valence-electron chi connectivity index (χ2n) is 1.61. The molecule has 0 aliphatic rings. The van der Waals surface area contributed by atoms with Gasteiger partial charge in [0.05, 0.1) is 6.10 Å². The molecule has 1 nitrogen and oxygen atoms in total. The van der Waals surface area contributed by atoms with E-state index in [1.54, 1.807) is 0 Å². The summed E-state index contributed by atoms with van der Waals surface area (Å²) in [5.74, 6) is 0.324. The van der Waals surface area contributed by atoms with Crippen LogP contribution in [0.4, 0.5) is 0 Å². The highest BCUT2D eigenvalue weighted by Gasteiger charge is 1.95. The zero-order valence-electron chi connectivity index (χ0n) is 4.97. The number of alkyl halides is 1. The zero-order chi connectivity index (χ0) is 6.41. The van der Waals surface area contributed by atoms with Crippen molar-refractivity contribution >= 4 is 11.6 Å². The van der Waals surface area contributed by atoms with Crippen LogP contribution in [0.3, 0.4) is 0 Å². The van der Waals surface area contributed by atoms with Crippen LogP contribution >= 0.6 is 11.6 Å². The summed E-state index contributed by atoms with van der Waals surface area (Å²) in [5.41, 5.74) is 0. The fourth-order valence-corrected chi connectivity index (χ4v) is 0.482. The van der Waals surface area contributed by atoms with Gasteiger partial charge in [-0.2, -0.15) is 0 Å². The molecule has 48 valence electrons. The number of hydrogen-bond acceptors (Lipinski definition) is 1. The van der Waals surface area contributed by atoms with Crippen molar-refractivity contribution in [3.05, 3.63) is 12.2 Å². The van der Waals surface area contributed by atoms with Crippen LogP contribution in [0, 0.1) is 0 Å². The SMILES string of the molecule is C/C=C/CC(O)CCl. The average molecular weight is 135 g/mol. The number of rotatable bonds is 3. The van der Waals surface area contributed by atoms with Crippen LogP contribution in [0.1, 0.15) is 13.3 Å². The lowest BCUT2D eigenvalue weighted by Crippen LogP contribution is -2.05. The van der Waals surface area contributed by atoms with Gasteiger partial charge in [-0.05, 0) is 13.3 Å². The lowest BCUT2D eigenvalue weighted by molar-refractivity contribution is 0.202. The van der Waals surface area contributed by atoms with Crippen molar-refractivity contribution in [3.8, 4) is 0 Å². The predicted octanol–water partition coefficient (Wildman–Crippen LogP) is 1.55. The Balaban J connectivity index is 3.10. The van der Waals surface area contributed by atoms with Gasteiger partial charge in [-0.1, -0.05) is 12.2 Å². The summed E-state index contributed by atoms with van der Waals surface area (Å²) >= 11 is 5.30. The fourth-order valence-electron chi connectivity index (χ4n) is 0.356. The third kappa shape index (κ3) is 4.16. The highest BCUT2D eigenvalue weighted by atomic mass is 35.5. The number of aliphatic hydroxyl groups excluding tert-OH is 1. The summed E-state index contributed by atoms with van der Waals surface area (Å²) < 4.78 is 0. The van der Waals surface area contributed by atoms with Gasteiger partial charge in [-0.15, -0.1) is 11.6 Å². The Morgan fingerprint density at radius 1 is 1.75 bits per heavy atom. The van der Waals surface area contributed by atoms with Crippen molar-refractivity contribution in [1.82, 2.24) is 0 Å². The topological polar surface area (TPSA) is 20.2 Å². The van der Waals surface area contributed by atoms with E-state index >= 15 is 0 Å². The Morgan fingerprint density at radius 2 is 2.38 bits per heavy atom. The van der Waals surface area contributed by atoms with E-state index in [0.29, 0.717) is 12.3 Å². The van der Waals surface area contributed by atoms with Gasteiger partial charge in [-0.3, -0.25) is 0 Å². The summed E-state index contributed by atoms with van der Waals surface area (Å²) in [6, 6.07) is 0. The first-order chi connectivity index (χ1) is 3.81.